The summed E-state index contributed by atoms with van der Waals surface area (Å²) in [6.45, 7) is 2.80. The maximum atomic E-state index is 4.99. The van der Waals surface area contributed by atoms with Crippen molar-refractivity contribution < 1.29 is 4.74 Å². The van der Waals surface area contributed by atoms with Crippen LogP contribution in [-0.2, 0) is 11.2 Å². The van der Waals surface area contributed by atoms with Crippen molar-refractivity contribution in [3.05, 3.63) is 35.2 Å². The Hall–Kier alpha value is -0.900. The van der Waals surface area contributed by atoms with E-state index in [1.54, 1.807) is 7.11 Å². The largest absolute Gasteiger partial charge is 0.383 e. The Balaban J connectivity index is 1.80. The lowest BCUT2D eigenvalue weighted by Gasteiger charge is -2.05. The van der Waals surface area contributed by atoms with Gasteiger partial charge in [0.15, 0.2) is 0 Å². The zero-order chi connectivity index (χ0) is 11.9. The fraction of sp³-hybridized carbons (Fsp3) is 0.429. The predicted octanol–water partition coefficient (Wildman–Crippen LogP) is 3.07. The minimum absolute atomic E-state index is 0.792. The Morgan fingerprint density at radius 3 is 3.06 bits per heavy atom. The van der Waals surface area contributed by atoms with Gasteiger partial charge in [0.25, 0.3) is 0 Å². The van der Waals surface area contributed by atoms with Gasteiger partial charge in [-0.2, -0.15) is 0 Å². The number of thiophene rings is 1. The van der Waals surface area contributed by atoms with Crippen LogP contribution in [0.25, 0.3) is 10.1 Å². The van der Waals surface area contributed by atoms with E-state index in [4.69, 9.17) is 4.74 Å². The van der Waals surface area contributed by atoms with Crippen molar-refractivity contribution in [1.29, 1.82) is 0 Å². The van der Waals surface area contributed by atoms with E-state index in [0.717, 1.165) is 26.1 Å². The minimum atomic E-state index is 0.792. The molecular formula is C14H19NOS. The monoisotopic (exact) mass is 249 g/mol. The molecule has 2 nitrogen and oxygen atoms in total. The summed E-state index contributed by atoms with van der Waals surface area (Å²) in [5.41, 5.74) is 1.48. The van der Waals surface area contributed by atoms with Gasteiger partial charge in [0.1, 0.15) is 0 Å². The van der Waals surface area contributed by atoms with Crippen molar-refractivity contribution in [3.8, 4) is 0 Å². The lowest BCUT2D eigenvalue weighted by atomic mass is 10.1. The van der Waals surface area contributed by atoms with Gasteiger partial charge in [0.2, 0.25) is 0 Å². The maximum Gasteiger partial charge on any atom is 0.0587 e. The van der Waals surface area contributed by atoms with E-state index >= 15 is 0 Å². The van der Waals surface area contributed by atoms with Gasteiger partial charge in [-0.25, -0.2) is 0 Å². The molecular weight excluding hydrogens is 230 g/mol. The molecule has 92 valence electrons. The molecule has 17 heavy (non-hydrogen) atoms. The highest BCUT2D eigenvalue weighted by atomic mass is 32.1. The number of ether oxygens (including phenoxy) is 1. The lowest BCUT2D eigenvalue weighted by molar-refractivity contribution is 0.199. The molecule has 2 rings (SSSR count). The number of aryl methyl sites for hydroxylation is 1. The van der Waals surface area contributed by atoms with Gasteiger partial charge in [-0.1, -0.05) is 18.2 Å². The van der Waals surface area contributed by atoms with Gasteiger partial charge in [-0.05, 0) is 41.8 Å². The second-order valence-electron chi connectivity index (χ2n) is 4.10. The number of hydrogen-bond acceptors (Lipinski definition) is 3. The second kappa shape index (κ2) is 6.74. The predicted molar refractivity (Wildman–Crippen MR) is 74.9 cm³/mol. The van der Waals surface area contributed by atoms with Crippen LogP contribution >= 0.6 is 11.3 Å². The van der Waals surface area contributed by atoms with Crippen LogP contribution in [0.5, 0.6) is 0 Å². The normalized spacial score (nSPS) is 11.1. The zero-order valence-corrected chi connectivity index (χ0v) is 11.1. The molecule has 0 saturated carbocycles. The molecule has 0 saturated heterocycles. The summed E-state index contributed by atoms with van der Waals surface area (Å²) in [6, 6.07) is 8.78. The third-order valence-corrected chi connectivity index (χ3v) is 3.85. The first-order valence-electron chi connectivity index (χ1n) is 6.06. The molecule has 2 aromatic rings. The molecule has 1 aromatic heterocycles. The molecule has 1 aromatic carbocycles. The van der Waals surface area contributed by atoms with Crippen molar-refractivity contribution in [2.75, 3.05) is 26.8 Å². The highest BCUT2D eigenvalue weighted by molar-refractivity contribution is 7.17. The molecule has 3 heteroatoms. The molecule has 0 aliphatic rings. The van der Waals surface area contributed by atoms with Crippen molar-refractivity contribution in [3.63, 3.8) is 0 Å². The average Bonchev–Trinajstić information content (AvgIpc) is 2.82. The Labute approximate surface area is 107 Å². The van der Waals surface area contributed by atoms with Crippen LogP contribution in [0.15, 0.2) is 29.6 Å². The van der Waals surface area contributed by atoms with Crippen LogP contribution in [0.2, 0.25) is 0 Å². The van der Waals surface area contributed by atoms with E-state index in [1.807, 2.05) is 11.3 Å². The van der Waals surface area contributed by atoms with Crippen molar-refractivity contribution in [1.82, 2.24) is 5.32 Å². The van der Waals surface area contributed by atoms with Crippen LogP contribution < -0.4 is 5.32 Å². The summed E-state index contributed by atoms with van der Waals surface area (Å²) in [6.07, 6.45) is 2.33. The number of nitrogens with one attached hydrogen (secondary N) is 1. The first kappa shape index (κ1) is 12.6. The topological polar surface area (TPSA) is 21.3 Å². The quantitative estimate of drug-likeness (QED) is 0.761. The molecule has 1 N–H and O–H groups in total. The molecule has 1 heterocycles. The number of hydrogen-bond donors (Lipinski definition) is 1. The molecule has 0 fully saturated rings. The summed E-state index contributed by atoms with van der Waals surface area (Å²) in [4.78, 5) is 0. The molecule has 0 radical (unpaired) electrons. The third-order valence-electron chi connectivity index (χ3n) is 2.84. The zero-order valence-electron chi connectivity index (χ0n) is 10.2. The van der Waals surface area contributed by atoms with E-state index in [9.17, 15) is 0 Å². The molecule has 0 unspecified atom stereocenters. The Morgan fingerprint density at radius 2 is 2.18 bits per heavy atom. The third kappa shape index (κ3) is 3.53. The minimum Gasteiger partial charge on any atom is -0.383 e. The average molecular weight is 249 g/mol. The number of methoxy groups -OCH3 is 1. The molecule has 0 amide bonds. The van der Waals surface area contributed by atoms with Gasteiger partial charge >= 0.3 is 0 Å². The maximum absolute atomic E-state index is 4.99. The van der Waals surface area contributed by atoms with Gasteiger partial charge in [0.05, 0.1) is 6.61 Å². The summed E-state index contributed by atoms with van der Waals surface area (Å²) in [5, 5.41) is 6.92. The van der Waals surface area contributed by atoms with E-state index in [2.05, 4.69) is 35.0 Å². The van der Waals surface area contributed by atoms with Crippen LogP contribution in [0.3, 0.4) is 0 Å². The van der Waals surface area contributed by atoms with Crippen molar-refractivity contribution >= 4 is 21.4 Å². The van der Waals surface area contributed by atoms with E-state index in [-0.39, 0.29) is 0 Å². The summed E-state index contributed by atoms with van der Waals surface area (Å²) in [7, 11) is 1.74. The number of fused-ring (bicyclic) bond motifs is 1. The number of benzene rings is 1. The highest BCUT2D eigenvalue weighted by Gasteiger charge is 2.01. The van der Waals surface area contributed by atoms with Gasteiger partial charge in [-0.15, -0.1) is 11.3 Å². The molecule has 0 atom stereocenters. The Bertz CT molecular complexity index is 452. The van der Waals surface area contributed by atoms with Crippen LogP contribution in [-0.4, -0.2) is 26.8 Å². The summed E-state index contributed by atoms with van der Waals surface area (Å²) >= 11 is 1.85. The first-order chi connectivity index (χ1) is 8.42. The van der Waals surface area contributed by atoms with Crippen LogP contribution in [0.1, 0.15) is 12.0 Å². The van der Waals surface area contributed by atoms with Crippen molar-refractivity contribution in [2.24, 2.45) is 0 Å². The Kier molecular flexibility index (Phi) is 4.98. The van der Waals surface area contributed by atoms with Gasteiger partial charge in [-0.3, -0.25) is 0 Å². The summed E-state index contributed by atoms with van der Waals surface area (Å²) in [5.74, 6) is 0. The van der Waals surface area contributed by atoms with E-state index in [0.29, 0.717) is 0 Å². The van der Waals surface area contributed by atoms with Gasteiger partial charge < -0.3 is 10.1 Å². The van der Waals surface area contributed by atoms with Gasteiger partial charge in [0, 0.05) is 18.4 Å². The molecule has 0 aliphatic carbocycles. The highest BCUT2D eigenvalue weighted by Crippen LogP contribution is 2.25. The number of rotatable bonds is 7. The molecule has 0 aliphatic heterocycles. The first-order valence-corrected chi connectivity index (χ1v) is 6.94. The fourth-order valence-corrected chi connectivity index (χ4v) is 2.90. The lowest BCUT2D eigenvalue weighted by Crippen LogP contribution is -2.20. The van der Waals surface area contributed by atoms with Crippen molar-refractivity contribution in [2.45, 2.75) is 12.8 Å². The fourth-order valence-electron chi connectivity index (χ4n) is 1.95. The molecule has 0 bridgehead atoms. The molecule has 0 spiro atoms. The SMILES string of the molecule is COCCNCCCc1cccc2ccsc12. The van der Waals surface area contributed by atoms with Crippen LogP contribution in [0, 0.1) is 0 Å². The Morgan fingerprint density at radius 1 is 1.24 bits per heavy atom. The summed E-state index contributed by atoms with van der Waals surface area (Å²) < 4.78 is 6.44. The van der Waals surface area contributed by atoms with E-state index in [1.165, 1.54) is 22.1 Å². The standard InChI is InChI=1S/C14H19NOS/c1-16-10-9-15-8-3-6-12-4-2-5-13-7-11-17-14(12)13/h2,4-5,7,11,15H,3,6,8-10H2,1H3. The van der Waals surface area contributed by atoms with Crippen LogP contribution in [0.4, 0.5) is 0 Å². The second-order valence-corrected chi connectivity index (χ2v) is 5.02. The smallest absolute Gasteiger partial charge is 0.0587 e. The van der Waals surface area contributed by atoms with E-state index < -0.39 is 0 Å².